The summed E-state index contributed by atoms with van der Waals surface area (Å²) in [4.78, 5) is 14.1. The molecule has 3 rings (SSSR count). The number of carbonyl (C=O) groups excluding carboxylic acids is 1. The maximum atomic E-state index is 12.5. The Kier molecular flexibility index (Phi) is 4.71. The fourth-order valence-corrected chi connectivity index (χ4v) is 3.70. The number of anilines is 2. The van der Waals surface area contributed by atoms with Crippen molar-refractivity contribution in [1.29, 1.82) is 0 Å². The lowest BCUT2D eigenvalue weighted by Gasteiger charge is -2.18. The number of likely N-dealkylation sites (tertiary alicyclic amines) is 1. The molecule has 1 aliphatic heterocycles. The highest BCUT2D eigenvalue weighted by Gasteiger charge is 2.20. The number of hydrogen-bond acceptors (Lipinski definition) is 3. The van der Waals surface area contributed by atoms with Gasteiger partial charge in [-0.05, 0) is 37.1 Å². The van der Waals surface area contributed by atoms with Crippen LogP contribution in [0.5, 0.6) is 0 Å². The summed E-state index contributed by atoms with van der Waals surface area (Å²) in [5, 5.41) is 2.79. The molecule has 0 aromatic heterocycles. The molecular weight excluding hydrogens is 326 g/mol. The van der Waals surface area contributed by atoms with E-state index in [2.05, 4.69) is 10.0 Å². The number of nitrogens with zero attached hydrogens (tertiary/aromatic N) is 1. The van der Waals surface area contributed by atoms with Crippen LogP contribution in [0.2, 0.25) is 0 Å². The van der Waals surface area contributed by atoms with Gasteiger partial charge in [-0.3, -0.25) is 4.72 Å². The molecule has 0 atom stereocenters. The summed E-state index contributed by atoms with van der Waals surface area (Å²) in [6.07, 6.45) is 1.99. The summed E-state index contributed by atoms with van der Waals surface area (Å²) >= 11 is 0. The van der Waals surface area contributed by atoms with Crippen molar-refractivity contribution in [3.63, 3.8) is 0 Å². The van der Waals surface area contributed by atoms with Crippen LogP contribution >= 0.6 is 0 Å². The highest BCUT2D eigenvalue weighted by atomic mass is 32.2. The molecular formula is C17H19N3O3S. The molecule has 0 saturated carbocycles. The Labute approximate surface area is 141 Å². The minimum absolute atomic E-state index is 0.172. The van der Waals surface area contributed by atoms with Gasteiger partial charge in [0.1, 0.15) is 0 Å². The minimum atomic E-state index is -3.71. The van der Waals surface area contributed by atoms with E-state index in [1.165, 1.54) is 12.1 Å². The second kappa shape index (κ2) is 6.92. The lowest BCUT2D eigenvalue weighted by atomic mass is 10.3. The van der Waals surface area contributed by atoms with Crippen molar-refractivity contribution < 1.29 is 13.2 Å². The number of carbonyl (C=O) groups is 1. The zero-order valence-corrected chi connectivity index (χ0v) is 13.9. The fourth-order valence-electron chi connectivity index (χ4n) is 2.60. The first-order valence-electron chi connectivity index (χ1n) is 7.79. The number of urea groups is 1. The van der Waals surface area contributed by atoms with Gasteiger partial charge in [-0.2, -0.15) is 0 Å². The minimum Gasteiger partial charge on any atom is -0.325 e. The molecule has 0 aliphatic carbocycles. The van der Waals surface area contributed by atoms with Crippen LogP contribution in [0.3, 0.4) is 0 Å². The number of sulfonamides is 1. The number of rotatable bonds is 4. The monoisotopic (exact) mass is 345 g/mol. The molecule has 7 heteroatoms. The van der Waals surface area contributed by atoms with Crippen LogP contribution in [0.4, 0.5) is 16.2 Å². The van der Waals surface area contributed by atoms with Crippen molar-refractivity contribution in [3.05, 3.63) is 54.6 Å². The fraction of sp³-hybridized carbons (Fsp3) is 0.235. The lowest BCUT2D eigenvalue weighted by Crippen LogP contribution is -2.32. The zero-order valence-electron chi connectivity index (χ0n) is 13.1. The molecule has 24 heavy (non-hydrogen) atoms. The largest absolute Gasteiger partial charge is 0.325 e. The van der Waals surface area contributed by atoms with Gasteiger partial charge in [0, 0.05) is 13.1 Å². The first-order chi connectivity index (χ1) is 11.6. The third kappa shape index (κ3) is 3.68. The SMILES string of the molecule is O=C(Nc1ccccc1NS(=O)(=O)c1ccccc1)N1CCCC1. The van der Waals surface area contributed by atoms with E-state index < -0.39 is 10.0 Å². The Bertz CT molecular complexity index is 816. The van der Waals surface area contributed by atoms with E-state index in [0.717, 1.165) is 25.9 Å². The van der Waals surface area contributed by atoms with Crippen LogP contribution in [0.1, 0.15) is 12.8 Å². The summed E-state index contributed by atoms with van der Waals surface area (Å²) in [7, 11) is -3.71. The summed E-state index contributed by atoms with van der Waals surface area (Å²) in [6.45, 7) is 1.45. The average Bonchev–Trinajstić information content (AvgIpc) is 3.12. The Hall–Kier alpha value is -2.54. The molecule has 1 aliphatic rings. The predicted molar refractivity (Wildman–Crippen MR) is 93.5 cm³/mol. The average molecular weight is 345 g/mol. The Balaban J connectivity index is 1.80. The van der Waals surface area contributed by atoms with Crippen LogP contribution in [0.25, 0.3) is 0 Å². The van der Waals surface area contributed by atoms with Crippen molar-refractivity contribution in [1.82, 2.24) is 4.90 Å². The topological polar surface area (TPSA) is 78.5 Å². The van der Waals surface area contributed by atoms with E-state index in [0.29, 0.717) is 11.4 Å². The van der Waals surface area contributed by atoms with Gasteiger partial charge in [-0.25, -0.2) is 13.2 Å². The molecule has 126 valence electrons. The third-order valence-corrected chi connectivity index (χ3v) is 5.24. The van der Waals surface area contributed by atoms with Crippen LogP contribution in [0, 0.1) is 0 Å². The van der Waals surface area contributed by atoms with Crippen LogP contribution < -0.4 is 10.0 Å². The second-order valence-electron chi connectivity index (χ2n) is 5.59. The first-order valence-corrected chi connectivity index (χ1v) is 9.27. The van der Waals surface area contributed by atoms with Gasteiger partial charge < -0.3 is 10.2 Å². The van der Waals surface area contributed by atoms with Crippen LogP contribution in [-0.2, 0) is 10.0 Å². The molecule has 2 amide bonds. The van der Waals surface area contributed by atoms with Gasteiger partial charge in [0.25, 0.3) is 10.0 Å². The molecule has 2 aromatic carbocycles. The summed E-state index contributed by atoms with van der Waals surface area (Å²) in [5.41, 5.74) is 0.780. The Morgan fingerprint density at radius 3 is 2.12 bits per heavy atom. The molecule has 1 saturated heterocycles. The van der Waals surface area contributed by atoms with E-state index in [9.17, 15) is 13.2 Å². The normalized spacial score (nSPS) is 14.4. The van der Waals surface area contributed by atoms with Crippen molar-refractivity contribution >= 4 is 27.4 Å². The summed E-state index contributed by atoms with van der Waals surface area (Å²) < 4.78 is 27.5. The van der Waals surface area contributed by atoms with Gasteiger partial charge in [-0.1, -0.05) is 30.3 Å². The molecule has 0 unspecified atom stereocenters. The number of hydrogen-bond donors (Lipinski definition) is 2. The van der Waals surface area contributed by atoms with Crippen LogP contribution in [-0.4, -0.2) is 32.4 Å². The first kappa shape index (κ1) is 16.3. The second-order valence-corrected chi connectivity index (χ2v) is 7.27. The predicted octanol–water partition coefficient (Wildman–Crippen LogP) is 3.12. The van der Waals surface area contributed by atoms with Gasteiger partial charge in [0.2, 0.25) is 0 Å². The highest BCUT2D eigenvalue weighted by Crippen LogP contribution is 2.25. The molecule has 2 N–H and O–H groups in total. The van der Waals surface area contributed by atoms with Crippen molar-refractivity contribution in [3.8, 4) is 0 Å². The summed E-state index contributed by atoms with van der Waals surface area (Å²) in [6, 6.07) is 14.7. The quantitative estimate of drug-likeness (QED) is 0.894. The standard InChI is InChI=1S/C17H19N3O3S/c21-17(20-12-6-7-13-20)18-15-10-4-5-11-16(15)19-24(22,23)14-8-2-1-3-9-14/h1-5,8-11,19H,6-7,12-13H2,(H,18,21). The van der Waals surface area contributed by atoms with Crippen molar-refractivity contribution in [2.45, 2.75) is 17.7 Å². The van der Waals surface area contributed by atoms with Gasteiger partial charge in [0.05, 0.1) is 16.3 Å². The van der Waals surface area contributed by atoms with Gasteiger partial charge >= 0.3 is 6.03 Å². The smallest absolute Gasteiger partial charge is 0.321 e. The maximum Gasteiger partial charge on any atom is 0.321 e. The van der Waals surface area contributed by atoms with Crippen LogP contribution in [0.15, 0.2) is 59.5 Å². The third-order valence-electron chi connectivity index (χ3n) is 3.86. The number of benzene rings is 2. The van der Waals surface area contributed by atoms with Gasteiger partial charge in [-0.15, -0.1) is 0 Å². The van der Waals surface area contributed by atoms with E-state index in [-0.39, 0.29) is 10.9 Å². The number of para-hydroxylation sites is 2. The number of amides is 2. The molecule has 0 radical (unpaired) electrons. The molecule has 0 spiro atoms. The summed E-state index contributed by atoms with van der Waals surface area (Å²) in [5.74, 6) is 0. The molecule has 1 fully saturated rings. The Morgan fingerprint density at radius 2 is 1.46 bits per heavy atom. The van der Waals surface area contributed by atoms with E-state index in [4.69, 9.17) is 0 Å². The lowest BCUT2D eigenvalue weighted by molar-refractivity contribution is 0.222. The van der Waals surface area contributed by atoms with Crippen molar-refractivity contribution in [2.75, 3.05) is 23.1 Å². The molecule has 1 heterocycles. The Morgan fingerprint density at radius 1 is 0.875 bits per heavy atom. The number of nitrogens with one attached hydrogen (secondary N) is 2. The molecule has 2 aromatic rings. The van der Waals surface area contributed by atoms with Crippen molar-refractivity contribution in [2.24, 2.45) is 0 Å². The van der Waals surface area contributed by atoms with E-state index in [1.54, 1.807) is 47.4 Å². The maximum absolute atomic E-state index is 12.5. The molecule has 6 nitrogen and oxygen atoms in total. The van der Waals surface area contributed by atoms with E-state index in [1.807, 2.05) is 0 Å². The van der Waals surface area contributed by atoms with Gasteiger partial charge in [0.15, 0.2) is 0 Å². The zero-order chi connectivity index (χ0) is 17.0. The highest BCUT2D eigenvalue weighted by molar-refractivity contribution is 7.92. The molecule has 0 bridgehead atoms. The van der Waals surface area contributed by atoms with E-state index >= 15 is 0 Å².